The summed E-state index contributed by atoms with van der Waals surface area (Å²) < 4.78 is 27.9. The summed E-state index contributed by atoms with van der Waals surface area (Å²) in [5.74, 6) is 2.88. The van der Waals surface area contributed by atoms with Gasteiger partial charge in [0.25, 0.3) is 0 Å². The van der Waals surface area contributed by atoms with Gasteiger partial charge >= 0.3 is 7.60 Å². The predicted molar refractivity (Wildman–Crippen MR) is 71.4 cm³/mol. The van der Waals surface area contributed by atoms with Crippen molar-refractivity contribution in [3.05, 3.63) is 12.7 Å². The standard InChI is InChI=1S/C13H21O4P/c1-4-11-15-13(9-10-13)8-7-12-18(14,16-5-2)17-6-3/h4H,1,5-6,8-11H2,2-3H3. The Kier molecular flexibility index (Phi) is 6.11. The second-order valence-corrected chi connectivity index (χ2v) is 5.82. The minimum atomic E-state index is -3.24. The second-order valence-electron chi connectivity index (χ2n) is 4.08. The normalized spacial score (nSPS) is 16.8. The van der Waals surface area contributed by atoms with Gasteiger partial charge in [0.1, 0.15) is 0 Å². The molecule has 0 aromatic rings. The molecule has 18 heavy (non-hydrogen) atoms. The summed E-state index contributed by atoms with van der Waals surface area (Å²) in [6.07, 6.45) is 4.26. The van der Waals surface area contributed by atoms with Crippen molar-refractivity contribution in [2.75, 3.05) is 19.8 Å². The van der Waals surface area contributed by atoms with E-state index < -0.39 is 7.60 Å². The van der Waals surface area contributed by atoms with E-state index >= 15 is 0 Å². The lowest BCUT2D eigenvalue weighted by Crippen LogP contribution is -2.12. The third kappa shape index (κ3) is 4.96. The van der Waals surface area contributed by atoms with Crippen molar-refractivity contribution in [1.82, 2.24) is 0 Å². The molecule has 1 rings (SSSR count). The van der Waals surface area contributed by atoms with Crippen LogP contribution in [-0.4, -0.2) is 25.4 Å². The quantitative estimate of drug-likeness (QED) is 0.386. The maximum Gasteiger partial charge on any atom is 0.405 e. The van der Waals surface area contributed by atoms with Crippen LogP contribution in [0.15, 0.2) is 12.7 Å². The fraction of sp³-hybridized carbons (Fsp3) is 0.692. The number of hydrogen-bond acceptors (Lipinski definition) is 4. The SMILES string of the molecule is C=CCOC1(CC#CP(=O)(OCC)OCC)CC1. The molecule has 0 spiro atoms. The van der Waals surface area contributed by atoms with Crippen molar-refractivity contribution in [2.45, 2.75) is 38.7 Å². The van der Waals surface area contributed by atoms with E-state index in [2.05, 4.69) is 18.2 Å². The molecular weight excluding hydrogens is 251 g/mol. The molecule has 5 heteroatoms. The van der Waals surface area contributed by atoms with Gasteiger partial charge in [-0.1, -0.05) is 12.0 Å². The Morgan fingerprint density at radius 3 is 2.39 bits per heavy atom. The molecule has 0 heterocycles. The van der Waals surface area contributed by atoms with Crippen molar-refractivity contribution in [3.8, 4) is 11.6 Å². The van der Waals surface area contributed by atoms with E-state index in [0.29, 0.717) is 26.2 Å². The van der Waals surface area contributed by atoms with Gasteiger partial charge in [-0.25, -0.2) is 4.57 Å². The van der Waals surface area contributed by atoms with E-state index in [0.717, 1.165) is 12.8 Å². The van der Waals surface area contributed by atoms with E-state index in [9.17, 15) is 4.57 Å². The first-order valence-corrected chi connectivity index (χ1v) is 7.78. The van der Waals surface area contributed by atoms with Gasteiger partial charge in [-0.2, -0.15) is 0 Å². The fourth-order valence-corrected chi connectivity index (χ4v) is 2.64. The van der Waals surface area contributed by atoms with E-state index in [1.165, 1.54) is 0 Å². The topological polar surface area (TPSA) is 44.8 Å². The largest absolute Gasteiger partial charge is 0.405 e. The number of ether oxygens (including phenoxy) is 1. The van der Waals surface area contributed by atoms with Crippen LogP contribution in [0, 0.1) is 11.6 Å². The van der Waals surface area contributed by atoms with Crippen LogP contribution in [0.2, 0.25) is 0 Å². The zero-order valence-corrected chi connectivity index (χ0v) is 12.0. The first kappa shape index (κ1) is 15.5. The Balaban J connectivity index is 2.52. The van der Waals surface area contributed by atoms with Crippen molar-refractivity contribution >= 4 is 7.60 Å². The van der Waals surface area contributed by atoms with Crippen molar-refractivity contribution in [1.29, 1.82) is 0 Å². The smallest absolute Gasteiger partial charge is 0.370 e. The molecule has 0 radical (unpaired) electrons. The van der Waals surface area contributed by atoms with Crippen LogP contribution in [0.3, 0.4) is 0 Å². The lowest BCUT2D eigenvalue weighted by molar-refractivity contribution is 0.0571. The van der Waals surface area contributed by atoms with Crippen LogP contribution >= 0.6 is 7.60 Å². The highest BCUT2D eigenvalue weighted by atomic mass is 31.2. The maximum absolute atomic E-state index is 12.1. The molecule has 102 valence electrons. The van der Waals surface area contributed by atoms with Gasteiger partial charge < -0.3 is 4.74 Å². The Morgan fingerprint density at radius 2 is 1.94 bits per heavy atom. The minimum Gasteiger partial charge on any atom is -0.370 e. The van der Waals surface area contributed by atoms with E-state index in [4.69, 9.17) is 13.8 Å². The molecule has 0 saturated heterocycles. The van der Waals surface area contributed by atoms with Crippen LogP contribution in [-0.2, 0) is 18.3 Å². The summed E-state index contributed by atoms with van der Waals surface area (Å²) in [6, 6.07) is 0. The Labute approximate surface area is 109 Å². The summed E-state index contributed by atoms with van der Waals surface area (Å²) in [5, 5.41) is 0. The van der Waals surface area contributed by atoms with Crippen LogP contribution in [0.1, 0.15) is 33.1 Å². The molecule has 0 atom stereocenters. The van der Waals surface area contributed by atoms with E-state index in [1.54, 1.807) is 19.9 Å². The minimum absolute atomic E-state index is 0.162. The van der Waals surface area contributed by atoms with Gasteiger partial charge in [0.15, 0.2) is 0 Å². The average Bonchev–Trinajstić information content (AvgIpc) is 3.08. The highest BCUT2D eigenvalue weighted by molar-refractivity contribution is 7.59. The van der Waals surface area contributed by atoms with Gasteiger partial charge in [0.2, 0.25) is 0 Å². The lowest BCUT2D eigenvalue weighted by atomic mass is 10.2. The monoisotopic (exact) mass is 272 g/mol. The Morgan fingerprint density at radius 1 is 1.33 bits per heavy atom. The highest BCUT2D eigenvalue weighted by Crippen LogP contribution is 2.47. The van der Waals surface area contributed by atoms with Gasteiger partial charge in [0, 0.05) is 12.1 Å². The molecule has 1 aliphatic carbocycles. The Hall–Kier alpha value is -0.590. The van der Waals surface area contributed by atoms with Crippen LogP contribution in [0.4, 0.5) is 0 Å². The van der Waals surface area contributed by atoms with Crippen LogP contribution in [0.5, 0.6) is 0 Å². The van der Waals surface area contributed by atoms with Gasteiger partial charge in [-0.05, 0) is 26.7 Å². The van der Waals surface area contributed by atoms with E-state index in [1.807, 2.05) is 0 Å². The summed E-state index contributed by atoms with van der Waals surface area (Å²) in [6.45, 7) is 8.32. The van der Waals surface area contributed by atoms with Crippen molar-refractivity contribution < 1.29 is 18.3 Å². The lowest BCUT2D eigenvalue weighted by Gasteiger charge is -2.12. The third-order valence-corrected chi connectivity index (χ3v) is 4.17. The summed E-state index contributed by atoms with van der Waals surface area (Å²) in [5.41, 5.74) is 2.46. The van der Waals surface area contributed by atoms with Gasteiger partial charge in [-0.15, -0.1) is 6.58 Å². The Bertz CT molecular complexity index is 366. The van der Waals surface area contributed by atoms with Crippen molar-refractivity contribution in [3.63, 3.8) is 0 Å². The van der Waals surface area contributed by atoms with Crippen LogP contribution < -0.4 is 0 Å². The zero-order valence-electron chi connectivity index (χ0n) is 11.1. The molecule has 0 aromatic carbocycles. The maximum atomic E-state index is 12.1. The molecule has 0 aromatic heterocycles. The molecule has 0 bridgehead atoms. The summed E-state index contributed by atoms with van der Waals surface area (Å²) in [4.78, 5) is 0. The zero-order chi connectivity index (χ0) is 13.5. The molecule has 0 aliphatic heterocycles. The number of hydrogen-bond donors (Lipinski definition) is 0. The van der Waals surface area contributed by atoms with Gasteiger partial charge in [-0.3, -0.25) is 9.05 Å². The average molecular weight is 272 g/mol. The molecule has 0 N–H and O–H groups in total. The number of rotatable bonds is 8. The molecule has 4 nitrogen and oxygen atoms in total. The first-order chi connectivity index (χ1) is 8.60. The second kappa shape index (κ2) is 7.11. The highest BCUT2D eigenvalue weighted by Gasteiger charge is 2.43. The van der Waals surface area contributed by atoms with Crippen molar-refractivity contribution in [2.24, 2.45) is 0 Å². The first-order valence-electron chi connectivity index (χ1n) is 6.24. The van der Waals surface area contributed by atoms with Crippen LogP contribution in [0.25, 0.3) is 0 Å². The van der Waals surface area contributed by atoms with E-state index in [-0.39, 0.29) is 5.60 Å². The molecular formula is C13H21O4P. The fourth-order valence-electron chi connectivity index (χ4n) is 1.49. The summed E-state index contributed by atoms with van der Waals surface area (Å²) in [7, 11) is -3.24. The third-order valence-electron chi connectivity index (χ3n) is 2.54. The molecule has 1 fully saturated rings. The summed E-state index contributed by atoms with van der Waals surface area (Å²) >= 11 is 0. The van der Waals surface area contributed by atoms with Gasteiger partial charge in [0.05, 0.1) is 25.4 Å². The predicted octanol–water partition coefficient (Wildman–Crippen LogP) is 3.34. The molecule has 0 unspecified atom stereocenters. The molecule has 1 saturated carbocycles. The molecule has 0 amide bonds. The molecule has 1 aliphatic rings.